The first kappa shape index (κ1) is 24.3. The van der Waals surface area contributed by atoms with Gasteiger partial charge in [0, 0.05) is 10.4 Å². The summed E-state index contributed by atoms with van der Waals surface area (Å²) in [6.07, 6.45) is 0. The van der Waals surface area contributed by atoms with Crippen LogP contribution in [0.1, 0.15) is 29.0 Å². The van der Waals surface area contributed by atoms with Crippen molar-refractivity contribution in [3.05, 3.63) is 118 Å². The number of ether oxygens (including phenoxy) is 2. The molecule has 3 aromatic carbocycles. The molecule has 0 spiro atoms. The number of carbonyl (C=O) groups is 2. The van der Waals surface area contributed by atoms with E-state index in [-0.39, 0.29) is 17.9 Å². The SMILES string of the molecule is CCOc1ccc(/C(O)=C2/C(=O)C(=O)N(Cc3cccs3)C2c2cccc(Oc3ccccc3)c2)cc1. The van der Waals surface area contributed by atoms with Gasteiger partial charge in [0.2, 0.25) is 0 Å². The van der Waals surface area contributed by atoms with E-state index < -0.39 is 17.7 Å². The molecule has 1 atom stereocenters. The minimum atomic E-state index is -0.784. The number of thiophene rings is 1. The highest BCUT2D eigenvalue weighted by atomic mass is 32.1. The number of para-hydroxylation sites is 1. The Morgan fingerprint density at radius 3 is 2.35 bits per heavy atom. The molecule has 0 aliphatic carbocycles. The van der Waals surface area contributed by atoms with E-state index in [0.717, 1.165) is 4.88 Å². The van der Waals surface area contributed by atoms with Crippen molar-refractivity contribution in [3.63, 3.8) is 0 Å². The third-order valence-electron chi connectivity index (χ3n) is 6.04. The molecule has 6 nitrogen and oxygen atoms in total. The Hall–Kier alpha value is -4.36. The van der Waals surface area contributed by atoms with Crippen molar-refractivity contribution in [1.82, 2.24) is 4.90 Å². The van der Waals surface area contributed by atoms with Crippen LogP contribution in [-0.2, 0) is 16.1 Å². The number of amides is 1. The van der Waals surface area contributed by atoms with E-state index in [4.69, 9.17) is 9.47 Å². The van der Waals surface area contributed by atoms with Gasteiger partial charge in [0.1, 0.15) is 23.0 Å². The number of nitrogens with zero attached hydrogens (tertiary/aromatic N) is 1. The second-order valence-electron chi connectivity index (χ2n) is 8.45. The molecule has 1 fully saturated rings. The van der Waals surface area contributed by atoms with Gasteiger partial charge in [0.15, 0.2) is 0 Å². The molecule has 1 aromatic heterocycles. The van der Waals surface area contributed by atoms with Crippen LogP contribution in [0, 0.1) is 0 Å². The van der Waals surface area contributed by atoms with Gasteiger partial charge in [-0.1, -0.05) is 36.4 Å². The highest BCUT2D eigenvalue weighted by molar-refractivity contribution is 7.09. The quantitative estimate of drug-likeness (QED) is 0.165. The fourth-order valence-corrected chi connectivity index (χ4v) is 5.07. The molecular formula is C30H25NO5S. The molecule has 1 amide bonds. The molecule has 0 bridgehead atoms. The van der Waals surface area contributed by atoms with Crippen LogP contribution in [0.5, 0.6) is 17.2 Å². The summed E-state index contributed by atoms with van der Waals surface area (Å²) in [5, 5.41) is 13.2. The van der Waals surface area contributed by atoms with E-state index in [1.54, 1.807) is 30.3 Å². The highest BCUT2D eigenvalue weighted by Crippen LogP contribution is 2.41. The van der Waals surface area contributed by atoms with Crippen LogP contribution in [0.15, 0.2) is 102 Å². The van der Waals surface area contributed by atoms with Crippen molar-refractivity contribution in [2.75, 3.05) is 6.61 Å². The minimum absolute atomic E-state index is 0.0441. The summed E-state index contributed by atoms with van der Waals surface area (Å²) in [6.45, 7) is 2.65. The van der Waals surface area contributed by atoms with Gasteiger partial charge in [-0.05, 0) is 72.5 Å². The second kappa shape index (κ2) is 10.7. The first-order chi connectivity index (χ1) is 18.0. The summed E-state index contributed by atoms with van der Waals surface area (Å²) in [7, 11) is 0. The standard InChI is InChI=1S/C30H25NO5S/c1-2-35-22-15-13-20(14-16-22)28(32)26-27(31(30(34)29(26)33)19-25-12-7-17-37-25)21-8-6-11-24(18-21)36-23-9-4-3-5-10-23/h3-18,27,32H,2,19H2,1H3/b28-26-. The lowest BCUT2D eigenvalue weighted by atomic mass is 9.95. The summed E-state index contributed by atoms with van der Waals surface area (Å²) < 4.78 is 11.5. The Kier molecular flexibility index (Phi) is 7.05. The molecule has 1 aliphatic rings. The van der Waals surface area contributed by atoms with Crippen LogP contribution in [0.2, 0.25) is 0 Å². The molecule has 1 aliphatic heterocycles. The first-order valence-electron chi connectivity index (χ1n) is 11.9. The van der Waals surface area contributed by atoms with Crippen LogP contribution < -0.4 is 9.47 Å². The van der Waals surface area contributed by atoms with Gasteiger partial charge < -0.3 is 19.5 Å². The second-order valence-corrected chi connectivity index (χ2v) is 9.48. The lowest BCUT2D eigenvalue weighted by Crippen LogP contribution is -2.28. The van der Waals surface area contributed by atoms with Gasteiger partial charge in [-0.3, -0.25) is 9.59 Å². The fraction of sp³-hybridized carbons (Fsp3) is 0.133. The van der Waals surface area contributed by atoms with Crippen LogP contribution in [0.25, 0.3) is 5.76 Å². The molecule has 37 heavy (non-hydrogen) atoms. The number of likely N-dealkylation sites (tertiary alicyclic amines) is 1. The molecule has 0 radical (unpaired) electrons. The molecule has 5 rings (SSSR count). The fourth-order valence-electron chi connectivity index (χ4n) is 4.36. The van der Waals surface area contributed by atoms with Gasteiger partial charge in [-0.15, -0.1) is 11.3 Å². The smallest absolute Gasteiger partial charge is 0.295 e. The largest absolute Gasteiger partial charge is 0.507 e. The molecule has 1 N–H and O–H groups in total. The van der Waals surface area contributed by atoms with E-state index in [1.165, 1.54) is 16.2 Å². The minimum Gasteiger partial charge on any atom is -0.507 e. The number of aliphatic hydroxyl groups excluding tert-OH is 1. The number of aliphatic hydroxyl groups is 1. The van der Waals surface area contributed by atoms with E-state index in [1.807, 2.05) is 73.0 Å². The maximum absolute atomic E-state index is 13.3. The van der Waals surface area contributed by atoms with Crippen LogP contribution in [-0.4, -0.2) is 28.3 Å². The topological polar surface area (TPSA) is 76.1 Å². The number of hydrogen-bond donors (Lipinski definition) is 1. The number of hydrogen-bond acceptors (Lipinski definition) is 6. The number of benzene rings is 3. The predicted octanol–water partition coefficient (Wildman–Crippen LogP) is 6.56. The Labute approximate surface area is 219 Å². The van der Waals surface area contributed by atoms with Crippen molar-refractivity contribution in [2.24, 2.45) is 0 Å². The molecular weight excluding hydrogens is 486 g/mol. The number of ketones is 1. The average molecular weight is 512 g/mol. The van der Waals surface area contributed by atoms with Gasteiger partial charge in [-0.25, -0.2) is 0 Å². The van der Waals surface area contributed by atoms with Gasteiger partial charge in [0.05, 0.1) is 24.8 Å². The maximum atomic E-state index is 13.3. The number of carbonyl (C=O) groups excluding carboxylic acids is 2. The van der Waals surface area contributed by atoms with E-state index >= 15 is 0 Å². The molecule has 1 unspecified atom stereocenters. The molecule has 4 aromatic rings. The zero-order chi connectivity index (χ0) is 25.8. The molecule has 7 heteroatoms. The molecule has 0 saturated carbocycles. The zero-order valence-corrected chi connectivity index (χ0v) is 21.0. The van der Waals surface area contributed by atoms with E-state index in [0.29, 0.717) is 35.0 Å². The lowest BCUT2D eigenvalue weighted by Gasteiger charge is -2.25. The van der Waals surface area contributed by atoms with Gasteiger partial charge in [-0.2, -0.15) is 0 Å². The highest BCUT2D eigenvalue weighted by Gasteiger charge is 2.46. The van der Waals surface area contributed by atoms with Crippen molar-refractivity contribution in [2.45, 2.75) is 19.5 Å². The third kappa shape index (κ3) is 5.13. The van der Waals surface area contributed by atoms with Crippen molar-refractivity contribution < 1.29 is 24.2 Å². The maximum Gasteiger partial charge on any atom is 0.295 e. The van der Waals surface area contributed by atoms with E-state index in [2.05, 4.69) is 0 Å². The predicted molar refractivity (Wildman–Crippen MR) is 143 cm³/mol. The number of Topliss-reactive ketones (excluding diaryl/α,β-unsaturated/α-hetero) is 1. The molecule has 186 valence electrons. The Bertz CT molecular complexity index is 1430. The number of rotatable bonds is 8. The summed E-state index contributed by atoms with van der Waals surface area (Å²) in [5.74, 6) is 0.282. The van der Waals surface area contributed by atoms with Crippen LogP contribution in [0.3, 0.4) is 0 Å². The Morgan fingerprint density at radius 2 is 1.65 bits per heavy atom. The van der Waals surface area contributed by atoms with Gasteiger partial charge >= 0.3 is 0 Å². The van der Waals surface area contributed by atoms with Crippen molar-refractivity contribution >= 4 is 28.8 Å². The summed E-state index contributed by atoms with van der Waals surface area (Å²) >= 11 is 1.51. The lowest BCUT2D eigenvalue weighted by molar-refractivity contribution is -0.140. The Balaban J connectivity index is 1.58. The molecule has 2 heterocycles. The normalized spacial score (nSPS) is 16.7. The summed E-state index contributed by atoms with van der Waals surface area (Å²) in [4.78, 5) is 29.0. The van der Waals surface area contributed by atoms with Crippen molar-refractivity contribution in [3.8, 4) is 17.2 Å². The monoisotopic (exact) mass is 511 g/mol. The van der Waals surface area contributed by atoms with Gasteiger partial charge in [0.25, 0.3) is 11.7 Å². The van der Waals surface area contributed by atoms with Crippen LogP contribution in [0.4, 0.5) is 0 Å². The average Bonchev–Trinajstić information content (AvgIpc) is 3.52. The summed E-state index contributed by atoms with van der Waals surface area (Å²) in [5.41, 5.74) is 1.14. The molecule has 1 saturated heterocycles. The van der Waals surface area contributed by atoms with Crippen LogP contribution >= 0.6 is 11.3 Å². The van der Waals surface area contributed by atoms with E-state index in [9.17, 15) is 14.7 Å². The summed E-state index contributed by atoms with van der Waals surface area (Å²) in [6, 6.07) is 26.5. The Morgan fingerprint density at radius 1 is 0.892 bits per heavy atom. The van der Waals surface area contributed by atoms with Crippen molar-refractivity contribution in [1.29, 1.82) is 0 Å². The zero-order valence-electron chi connectivity index (χ0n) is 20.2. The third-order valence-corrected chi connectivity index (χ3v) is 6.90. The first-order valence-corrected chi connectivity index (χ1v) is 12.8.